The summed E-state index contributed by atoms with van der Waals surface area (Å²) in [6, 6.07) is 20.1. The van der Waals surface area contributed by atoms with E-state index in [1.165, 1.54) is 0 Å². The van der Waals surface area contributed by atoms with Crippen molar-refractivity contribution in [1.29, 1.82) is 0 Å². The van der Waals surface area contributed by atoms with Gasteiger partial charge in [0, 0.05) is 35.9 Å². The number of aryl methyl sites for hydroxylation is 2. The van der Waals surface area contributed by atoms with Gasteiger partial charge in [0.15, 0.2) is 6.61 Å². The van der Waals surface area contributed by atoms with Crippen LogP contribution in [0.3, 0.4) is 0 Å². The largest absolute Gasteiger partial charge is 0.484 e. The Kier molecular flexibility index (Phi) is 7.90. The van der Waals surface area contributed by atoms with Crippen molar-refractivity contribution >= 4 is 40.7 Å². The molecule has 1 aliphatic heterocycles. The second-order valence-electron chi connectivity index (χ2n) is 8.90. The molecule has 0 unspecified atom stereocenters. The number of nitrogens with one attached hydrogen (secondary N) is 2. The summed E-state index contributed by atoms with van der Waals surface area (Å²) in [5.41, 5.74) is 4.39. The zero-order valence-corrected chi connectivity index (χ0v) is 21.0. The third kappa shape index (κ3) is 6.43. The highest BCUT2D eigenvalue weighted by Crippen LogP contribution is 2.27. The van der Waals surface area contributed by atoms with Crippen LogP contribution in [0.4, 0.5) is 11.4 Å². The summed E-state index contributed by atoms with van der Waals surface area (Å²) in [5.74, 6) is -0.449. The van der Waals surface area contributed by atoms with Gasteiger partial charge >= 0.3 is 0 Å². The average Bonchev–Trinajstić information content (AvgIpc) is 3.26. The van der Waals surface area contributed by atoms with Crippen LogP contribution in [0.25, 0.3) is 0 Å². The molecule has 1 saturated heterocycles. The minimum Gasteiger partial charge on any atom is -0.484 e. The van der Waals surface area contributed by atoms with Crippen LogP contribution in [0.15, 0.2) is 66.7 Å². The Bertz CT molecular complexity index is 1260. The maximum atomic E-state index is 12.6. The van der Waals surface area contributed by atoms with Crippen LogP contribution in [0.1, 0.15) is 23.1 Å². The molecule has 0 bridgehead atoms. The van der Waals surface area contributed by atoms with Crippen molar-refractivity contribution in [1.82, 2.24) is 5.32 Å². The number of benzene rings is 3. The van der Waals surface area contributed by atoms with Gasteiger partial charge in [-0.15, -0.1) is 0 Å². The SMILES string of the molecule is Cc1ccc(CNC(=O)[C@@H]2CC(=O)N(c3ccc(OCC(=O)Nc4cc(Cl)ccc4C)cc3)C2)cc1. The zero-order valence-electron chi connectivity index (χ0n) is 20.2. The molecule has 3 aromatic rings. The molecular weight excluding hydrogens is 478 g/mol. The monoisotopic (exact) mass is 505 g/mol. The van der Waals surface area contributed by atoms with Crippen LogP contribution in [0, 0.1) is 19.8 Å². The second-order valence-corrected chi connectivity index (χ2v) is 9.34. The number of nitrogens with zero attached hydrogens (tertiary/aromatic N) is 1. The first-order chi connectivity index (χ1) is 17.3. The molecule has 0 aliphatic carbocycles. The van der Waals surface area contributed by atoms with Gasteiger partial charge in [0.2, 0.25) is 11.8 Å². The van der Waals surface area contributed by atoms with E-state index in [1.54, 1.807) is 41.3 Å². The summed E-state index contributed by atoms with van der Waals surface area (Å²) >= 11 is 5.99. The Balaban J connectivity index is 1.27. The van der Waals surface area contributed by atoms with Crippen LogP contribution in [-0.4, -0.2) is 30.9 Å². The molecule has 0 spiro atoms. The molecule has 4 rings (SSSR count). The number of halogens is 1. The molecule has 2 N–H and O–H groups in total. The summed E-state index contributed by atoms with van der Waals surface area (Å²) in [6.07, 6.45) is 0.168. The molecule has 0 radical (unpaired) electrons. The van der Waals surface area contributed by atoms with E-state index in [4.69, 9.17) is 16.3 Å². The van der Waals surface area contributed by atoms with Crippen LogP contribution in [0.5, 0.6) is 5.75 Å². The molecule has 7 nitrogen and oxygen atoms in total. The fourth-order valence-corrected chi connectivity index (χ4v) is 4.13. The second kappa shape index (κ2) is 11.3. The van der Waals surface area contributed by atoms with E-state index in [0.717, 1.165) is 16.7 Å². The first-order valence-electron chi connectivity index (χ1n) is 11.7. The van der Waals surface area contributed by atoms with Crippen molar-refractivity contribution in [3.05, 3.63) is 88.4 Å². The predicted octanol–water partition coefficient (Wildman–Crippen LogP) is 4.64. The van der Waals surface area contributed by atoms with E-state index in [-0.39, 0.29) is 30.7 Å². The van der Waals surface area contributed by atoms with Crippen LogP contribution >= 0.6 is 11.6 Å². The van der Waals surface area contributed by atoms with Gasteiger partial charge in [0.25, 0.3) is 5.91 Å². The number of amides is 3. The van der Waals surface area contributed by atoms with Crippen molar-refractivity contribution in [3.8, 4) is 5.75 Å². The van der Waals surface area contributed by atoms with Crippen molar-refractivity contribution in [2.45, 2.75) is 26.8 Å². The normalized spacial score (nSPS) is 15.0. The van der Waals surface area contributed by atoms with Gasteiger partial charge in [-0.25, -0.2) is 0 Å². The van der Waals surface area contributed by atoms with Gasteiger partial charge in [0.1, 0.15) is 5.75 Å². The first kappa shape index (κ1) is 25.3. The molecule has 3 aromatic carbocycles. The maximum absolute atomic E-state index is 12.6. The van der Waals surface area contributed by atoms with Crippen molar-refractivity contribution in [3.63, 3.8) is 0 Å². The first-order valence-corrected chi connectivity index (χ1v) is 12.1. The summed E-state index contributed by atoms with van der Waals surface area (Å²) < 4.78 is 5.58. The molecule has 0 saturated carbocycles. The number of carbonyl (C=O) groups excluding carboxylic acids is 3. The summed E-state index contributed by atoms with van der Waals surface area (Å²) in [5, 5.41) is 6.25. The molecule has 1 atom stereocenters. The summed E-state index contributed by atoms with van der Waals surface area (Å²) in [7, 11) is 0. The molecule has 36 heavy (non-hydrogen) atoms. The average molecular weight is 506 g/mol. The quantitative estimate of drug-likeness (QED) is 0.466. The van der Waals surface area contributed by atoms with Crippen LogP contribution in [0.2, 0.25) is 5.02 Å². The molecule has 1 aliphatic rings. The van der Waals surface area contributed by atoms with E-state index in [2.05, 4.69) is 10.6 Å². The Morgan fingerprint density at radius 2 is 1.75 bits per heavy atom. The number of hydrogen-bond donors (Lipinski definition) is 2. The van der Waals surface area contributed by atoms with E-state index in [9.17, 15) is 14.4 Å². The van der Waals surface area contributed by atoms with Gasteiger partial charge in [-0.1, -0.05) is 47.5 Å². The lowest BCUT2D eigenvalue weighted by molar-refractivity contribution is -0.126. The van der Waals surface area contributed by atoms with Crippen LogP contribution in [-0.2, 0) is 20.9 Å². The van der Waals surface area contributed by atoms with Crippen molar-refractivity contribution in [2.75, 3.05) is 23.4 Å². The Hall–Kier alpha value is -3.84. The smallest absolute Gasteiger partial charge is 0.262 e. The topological polar surface area (TPSA) is 87.7 Å². The number of hydrogen-bond acceptors (Lipinski definition) is 4. The third-order valence-electron chi connectivity index (χ3n) is 6.08. The van der Waals surface area contributed by atoms with Crippen molar-refractivity contribution < 1.29 is 19.1 Å². The predicted molar refractivity (Wildman–Crippen MR) is 140 cm³/mol. The van der Waals surface area contributed by atoms with E-state index >= 15 is 0 Å². The molecule has 186 valence electrons. The van der Waals surface area contributed by atoms with Gasteiger partial charge < -0.3 is 20.3 Å². The highest BCUT2D eigenvalue weighted by molar-refractivity contribution is 6.31. The Morgan fingerprint density at radius 1 is 1.03 bits per heavy atom. The lowest BCUT2D eigenvalue weighted by Gasteiger charge is -2.17. The van der Waals surface area contributed by atoms with Gasteiger partial charge in [-0.3, -0.25) is 14.4 Å². The molecule has 1 heterocycles. The molecule has 1 fully saturated rings. The maximum Gasteiger partial charge on any atom is 0.262 e. The van der Waals surface area contributed by atoms with E-state index < -0.39 is 5.92 Å². The number of anilines is 2. The molecule has 8 heteroatoms. The fourth-order valence-electron chi connectivity index (χ4n) is 3.96. The summed E-state index contributed by atoms with van der Waals surface area (Å²) in [4.78, 5) is 39.1. The lowest BCUT2D eigenvalue weighted by atomic mass is 10.1. The number of carbonyl (C=O) groups is 3. The lowest BCUT2D eigenvalue weighted by Crippen LogP contribution is -2.32. The zero-order chi connectivity index (χ0) is 25.7. The molecular formula is C28H28ClN3O4. The van der Waals surface area contributed by atoms with Gasteiger partial charge in [0.05, 0.1) is 5.92 Å². The molecule has 0 aromatic heterocycles. The number of ether oxygens (including phenoxy) is 1. The minimum absolute atomic E-state index is 0.101. The Labute approximate surface area is 215 Å². The highest BCUT2D eigenvalue weighted by atomic mass is 35.5. The van der Waals surface area contributed by atoms with E-state index in [1.807, 2.05) is 44.2 Å². The number of rotatable bonds is 8. The van der Waals surface area contributed by atoms with Gasteiger partial charge in [-0.2, -0.15) is 0 Å². The van der Waals surface area contributed by atoms with Crippen LogP contribution < -0.4 is 20.3 Å². The molecule has 3 amide bonds. The fraction of sp³-hybridized carbons (Fsp3) is 0.250. The Morgan fingerprint density at radius 3 is 2.47 bits per heavy atom. The summed E-state index contributed by atoms with van der Waals surface area (Å²) in [6.45, 7) is 4.47. The highest BCUT2D eigenvalue weighted by Gasteiger charge is 2.35. The standard InChI is InChI=1S/C28H28ClN3O4/c1-18-3-6-20(7-4-18)15-30-28(35)21-13-27(34)32(16-21)23-9-11-24(12-10-23)36-17-26(33)31-25-14-22(29)8-5-19(25)2/h3-12,14,21H,13,15-17H2,1-2H3,(H,30,35)(H,31,33)/t21-/m1/s1. The van der Waals surface area contributed by atoms with E-state index in [0.29, 0.717) is 35.2 Å². The minimum atomic E-state index is -0.405. The van der Waals surface area contributed by atoms with Gasteiger partial charge in [-0.05, 0) is 61.4 Å². The van der Waals surface area contributed by atoms with Crippen molar-refractivity contribution in [2.24, 2.45) is 5.92 Å². The third-order valence-corrected chi connectivity index (χ3v) is 6.31.